The zero-order valence-corrected chi connectivity index (χ0v) is 17.0. The highest BCUT2D eigenvalue weighted by atomic mass is 16.5. The summed E-state index contributed by atoms with van der Waals surface area (Å²) >= 11 is 0. The quantitative estimate of drug-likeness (QED) is 0.698. The minimum atomic E-state index is -0.0314. The predicted octanol–water partition coefficient (Wildman–Crippen LogP) is 2.89. The number of nitrogens with zero attached hydrogens (tertiary/aromatic N) is 2. The zero-order chi connectivity index (χ0) is 19.9. The van der Waals surface area contributed by atoms with Crippen LogP contribution in [0.5, 0.6) is 0 Å². The van der Waals surface area contributed by atoms with E-state index in [0.29, 0.717) is 31.9 Å². The summed E-state index contributed by atoms with van der Waals surface area (Å²) < 4.78 is 16.9. The second-order valence-corrected chi connectivity index (χ2v) is 7.35. The Kier molecular flexibility index (Phi) is 7.25. The van der Waals surface area contributed by atoms with Crippen molar-refractivity contribution >= 4 is 5.91 Å². The lowest BCUT2D eigenvalue weighted by Gasteiger charge is -2.35. The molecule has 0 N–H and O–H groups in total. The molecule has 1 amide bonds. The first kappa shape index (κ1) is 20.6. The summed E-state index contributed by atoms with van der Waals surface area (Å²) in [6, 6.07) is 11.7. The Morgan fingerprint density at radius 3 is 2.68 bits per heavy atom. The van der Waals surface area contributed by atoms with Crippen LogP contribution in [0.3, 0.4) is 0 Å². The Labute approximate surface area is 167 Å². The molecule has 2 heterocycles. The Morgan fingerprint density at radius 2 is 2.00 bits per heavy atom. The van der Waals surface area contributed by atoms with Crippen molar-refractivity contribution in [2.24, 2.45) is 0 Å². The topological polar surface area (TPSA) is 55.1 Å². The Balaban J connectivity index is 1.62. The maximum atomic E-state index is 13.0. The van der Waals surface area contributed by atoms with Crippen LogP contribution in [0.15, 0.2) is 40.8 Å². The van der Waals surface area contributed by atoms with Crippen LogP contribution in [0.25, 0.3) is 0 Å². The van der Waals surface area contributed by atoms with Crippen LogP contribution in [0.4, 0.5) is 0 Å². The number of aryl methyl sites for hydroxylation is 2. The molecule has 28 heavy (non-hydrogen) atoms. The van der Waals surface area contributed by atoms with E-state index >= 15 is 0 Å². The maximum Gasteiger partial charge on any atom is 0.254 e. The van der Waals surface area contributed by atoms with Gasteiger partial charge in [-0.1, -0.05) is 17.7 Å². The van der Waals surface area contributed by atoms with Gasteiger partial charge in [0.15, 0.2) is 0 Å². The van der Waals surface area contributed by atoms with E-state index in [0.717, 1.165) is 36.7 Å². The Morgan fingerprint density at radius 1 is 1.21 bits per heavy atom. The van der Waals surface area contributed by atoms with E-state index in [2.05, 4.69) is 4.90 Å². The fourth-order valence-electron chi connectivity index (χ4n) is 3.43. The van der Waals surface area contributed by atoms with Crippen molar-refractivity contribution in [2.75, 3.05) is 46.5 Å². The van der Waals surface area contributed by atoms with E-state index in [-0.39, 0.29) is 12.0 Å². The molecule has 1 saturated heterocycles. The first-order valence-corrected chi connectivity index (χ1v) is 9.79. The van der Waals surface area contributed by atoms with E-state index in [1.165, 1.54) is 0 Å². The lowest BCUT2D eigenvalue weighted by atomic mass is 10.1. The second kappa shape index (κ2) is 9.87. The smallest absolute Gasteiger partial charge is 0.254 e. The van der Waals surface area contributed by atoms with Gasteiger partial charge in [-0.3, -0.25) is 9.69 Å². The predicted molar refractivity (Wildman–Crippen MR) is 107 cm³/mol. The van der Waals surface area contributed by atoms with Gasteiger partial charge in [-0.25, -0.2) is 0 Å². The van der Waals surface area contributed by atoms with Crippen LogP contribution >= 0.6 is 0 Å². The molecule has 6 nitrogen and oxygen atoms in total. The normalized spacial score (nSPS) is 17.6. The van der Waals surface area contributed by atoms with Crippen molar-refractivity contribution in [1.29, 1.82) is 0 Å². The number of benzene rings is 1. The molecule has 0 bridgehead atoms. The van der Waals surface area contributed by atoms with Crippen molar-refractivity contribution < 1.29 is 18.7 Å². The molecule has 6 heteroatoms. The van der Waals surface area contributed by atoms with Gasteiger partial charge in [-0.2, -0.15) is 0 Å². The summed E-state index contributed by atoms with van der Waals surface area (Å²) in [6.45, 7) is 8.60. The highest BCUT2D eigenvalue weighted by Gasteiger charge is 2.26. The molecule has 0 saturated carbocycles. The van der Waals surface area contributed by atoms with Crippen molar-refractivity contribution in [3.8, 4) is 0 Å². The molecular weight excluding hydrogens is 356 g/mol. The summed E-state index contributed by atoms with van der Waals surface area (Å²) in [5.41, 5.74) is 1.83. The van der Waals surface area contributed by atoms with Crippen molar-refractivity contribution in [2.45, 2.75) is 26.5 Å². The molecule has 1 aliphatic rings. The van der Waals surface area contributed by atoms with Crippen molar-refractivity contribution in [3.05, 3.63) is 59.0 Å². The number of hydrogen-bond donors (Lipinski definition) is 0. The number of amides is 1. The molecule has 1 aromatic carbocycles. The van der Waals surface area contributed by atoms with Crippen LogP contribution in [0.2, 0.25) is 0 Å². The third kappa shape index (κ3) is 5.67. The molecule has 0 spiro atoms. The lowest BCUT2D eigenvalue weighted by Crippen LogP contribution is -2.49. The average Bonchev–Trinajstić information content (AvgIpc) is 3.10. The minimum Gasteiger partial charge on any atom is -0.465 e. The molecule has 0 radical (unpaired) electrons. The molecule has 1 aliphatic heterocycles. The summed E-state index contributed by atoms with van der Waals surface area (Å²) in [5.74, 6) is 1.90. The van der Waals surface area contributed by atoms with Gasteiger partial charge in [0.1, 0.15) is 11.5 Å². The Bertz CT molecular complexity index is 756. The third-order valence-corrected chi connectivity index (χ3v) is 4.97. The van der Waals surface area contributed by atoms with Gasteiger partial charge in [-0.05, 0) is 38.1 Å². The van der Waals surface area contributed by atoms with Gasteiger partial charge < -0.3 is 18.8 Å². The molecule has 1 aromatic heterocycles. The number of morpholine rings is 1. The second-order valence-electron chi connectivity index (χ2n) is 7.35. The van der Waals surface area contributed by atoms with Gasteiger partial charge in [0.25, 0.3) is 5.91 Å². The summed E-state index contributed by atoms with van der Waals surface area (Å²) in [4.78, 5) is 17.1. The van der Waals surface area contributed by atoms with Gasteiger partial charge in [0.2, 0.25) is 0 Å². The van der Waals surface area contributed by atoms with Crippen LogP contribution < -0.4 is 0 Å². The zero-order valence-electron chi connectivity index (χ0n) is 17.0. The van der Waals surface area contributed by atoms with Crippen molar-refractivity contribution in [1.82, 2.24) is 9.80 Å². The first-order chi connectivity index (χ1) is 13.5. The van der Waals surface area contributed by atoms with E-state index < -0.39 is 0 Å². The number of hydrogen-bond acceptors (Lipinski definition) is 5. The van der Waals surface area contributed by atoms with Gasteiger partial charge in [-0.15, -0.1) is 0 Å². The van der Waals surface area contributed by atoms with Gasteiger partial charge in [0, 0.05) is 38.9 Å². The highest BCUT2D eigenvalue weighted by Crippen LogP contribution is 2.15. The standard InChI is InChI=1S/C22H30N2O4/c1-17-4-7-19(8-5-17)22(25)24(11-12-26-3)16-21-15-23(10-13-27-21)14-20-9-6-18(2)28-20/h4-9,21H,10-16H2,1-3H3. The number of ether oxygens (including phenoxy) is 2. The largest absolute Gasteiger partial charge is 0.465 e. The molecule has 3 rings (SSSR count). The third-order valence-electron chi connectivity index (χ3n) is 4.97. The van der Waals surface area contributed by atoms with Crippen molar-refractivity contribution in [3.63, 3.8) is 0 Å². The highest BCUT2D eigenvalue weighted by molar-refractivity contribution is 5.94. The minimum absolute atomic E-state index is 0.0134. The van der Waals surface area contributed by atoms with E-state index in [1.54, 1.807) is 7.11 Å². The summed E-state index contributed by atoms with van der Waals surface area (Å²) in [5, 5.41) is 0. The molecule has 152 valence electrons. The van der Waals surface area contributed by atoms with Gasteiger partial charge in [0.05, 0.1) is 25.9 Å². The number of carbonyl (C=O) groups excluding carboxylic acids is 1. The monoisotopic (exact) mass is 386 g/mol. The van der Waals surface area contributed by atoms with Crippen LogP contribution in [0.1, 0.15) is 27.4 Å². The number of methoxy groups -OCH3 is 1. The maximum absolute atomic E-state index is 13.0. The summed E-state index contributed by atoms with van der Waals surface area (Å²) in [7, 11) is 1.65. The number of rotatable bonds is 8. The van der Waals surface area contributed by atoms with Crippen LogP contribution in [-0.2, 0) is 16.0 Å². The van der Waals surface area contributed by atoms with Crippen LogP contribution in [0, 0.1) is 13.8 Å². The van der Waals surface area contributed by atoms with Gasteiger partial charge >= 0.3 is 0 Å². The number of carbonyl (C=O) groups is 1. The fraction of sp³-hybridized carbons (Fsp3) is 0.500. The van der Waals surface area contributed by atoms with E-state index in [9.17, 15) is 4.79 Å². The summed E-state index contributed by atoms with van der Waals surface area (Å²) in [6.07, 6.45) is -0.0314. The fourth-order valence-corrected chi connectivity index (χ4v) is 3.43. The molecule has 0 aliphatic carbocycles. The molecule has 1 unspecified atom stereocenters. The SMILES string of the molecule is COCCN(CC1CN(Cc2ccc(C)o2)CCO1)C(=O)c1ccc(C)cc1. The molecule has 1 atom stereocenters. The molecular formula is C22H30N2O4. The number of furan rings is 1. The van der Waals surface area contributed by atoms with E-state index in [4.69, 9.17) is 13.9 Å². The van der Waals surface area contributed by atoms with Crippen LogP contribution in [-0.4, -0.2) is 68.3 Å². The lowest BCUT2D eigenvalue weighted by molar-refractivity contribution is -0.0459. The first-order valence-electron chi connectivity index (χ1n) is 9.79. The van der Waals surface area contributed by atoms with E-state index in [1.807, 2.05) is 55.1 Å². The average molecular weight is 386 g/mol. The Hall–Kier alpha value is -2.15. The molecule has 1 fully saturated rings. The molecule has 2 aromatic rings.